The first-order chi connectivity index (χ1) is 15.3. The summed E-state index contributed by atoms with van der Waals surface area (Å²) in [5.41, 5.74) is 1.88. The third-order valence-electron chi connectivity index (χ3n) is 5.56. The Balaban J connectivity index is 1.60. The molecule has 0 spiro atoms. The van der Waals surface area contributed by atoms with E-state index in [1.807, 2.05) is 0 Å². The molecule has 8 heteroatoms. The van der Waals surface area contributed by atoms with Gasteiger partial charge in [-0.25, -0.2) is 0 Å². The number of carbonyl (C=O) groups excluding carboxylic acids is 1. The van der Waals surface area contributed by atoms with Gasteiger partial charge in [0, 0.05) is 12.8 Å². The normalized spacial score (nSPS) is 24.2. The van der Waals surface area contributed by atoms with Crippen LogP contribution in [0.25, 0.3) is 0 Å². The van der Waals surface area contributed by atoms with Gasteiger partial charge in [0.15, 0.2) is 6.29 Å². The van der Waals surface area contributed by atoms with Gasteiger partial charge in [0.25, 0.3) is 0 Å². The highest BCUT2D eigenvalue weighted by Crippen LogP contribution is 2.22. The maximum atomic E-state index is 12.6. The summed E-state index contributed by atoms with van der Waals surface area (Å²) in [6.45, 7) is -0.178. The van der Waals surface area contributed by atoms with E-state index in [1.54, 1.807) is 48.5 Å². The van der Waals surface area contributed by atoms with Crippen LogP contribution in [0.1, 0.15) is 30.4 Å². The summed E-state index contributed by atoms with van der Waals surface area (Å²) in [7, 11) is 0. The quantitative estimate of drug-likeness (QED) is 0.370. The van der Waals surface area contributed by atoms with Gasteiger partial charge in [-0.2, -0.15) is 0 Å². The zero-order chi connectivity index (χ0) is 23.1. The topological polar surface area (TPSA) is 137 Å². The fourth-order valence-electron chi connectivity index (χ4n) is 3.60. The third kappa shape index (κ3) is 7.01. The van der Waals surface area contributed by atoms with E-state index < -0.39 is 30.7 Å². The SMILES string of the molecule is O=C(CCc1ccc(O)cc1)C[C@H](CCc1ccc(O)cc1)O[C@@H]1OC[C@@H](O)[C@H](O)[C@H]1O. The van der Waals surface area contributed by atoms with Gasteiger partial charge >= 0.3 is 0 Å². The number of hydrogen-bond donors (Lipinski definition) is 5. The van der Waals surface area contributed by atoms with Crippen LogP contribution in [-0.2, 0) is 27.1 Å². The highest BCUT2D eigenvalue weighted by Gasteiger charge is 2.39. The van der Waals surface area contributed by atoms with E-state index in [-0.39, 0.29) is 30.3 Å². The molecule has 0 aliphatic carbocycles. The molecular formula is C24H30O8. The molecule has 1 fully saturated rings. The Labute approximate surface area is 186 Å². The number of aliphatic hydroxyl groups excluding tert-OH is 3. The number of hydrogen-bond acceptors (Lipinski definition) is 8. The molecule has 1 saturated heterocycles. The van der Waals surface area contributed by atoms with Crippen LogP contribution < -0.4 is 0 Å². The van der Waals surface area contributed by atoms with Crippen LogP contribution in [0, 0.1) is 0 Å². The highest BCUT2D eigenvalue weighted by molar-refractivity contribution is 5.79. The molecule has 1 aliphatic heterocycles. The number of benzene rings is 2. The minimum absolute atomic E-state index is 0.0281. The molecule has 5 atom stereocenters. The lowest BCUT2D eigenvalue weighted by atomic mass is 9.99. The Morgan fingerprint density at radius 1 is 0.906 bits per heavy atom. The van der Waals surface area contributed by atoms with Gasteiger partial charge in [-0.3, -0.25) is 4.79 Å². The average Bonchev–Trinajstić information content (AvgIpc) is 2.78. The van der Waals surface area contributed by atoms with Crippen LogP contribution >= 0.6 is 0 Å². The van der Waals surface area contributed by atoms with Crippen molar-refractivity contribution in [3.63, 3.8) is 0 Å². The van der Waals surface area contributed by atoms with Crippen LogP contribution in [0.3, 0.4) is 0 Å². The van der Waals surface area contributed by atoms with E-state index >= 15 is 0 Å². The molecule has 0 saturated carbocycles. The molecule has 1 heterocycles. The van der Waals surface area contributed by atoms with Crippen LogP contribution in [0.2, 0.25) is 0 Å². The molecule has 3 rings (SSSR count). The van der Waals surface area contributed by atoms with Gasteiger partial charge in [-0.15, -0.1) is 0 Å². The van der Waals surface area contributed by atoms with Crippen molar-refractivity contribution in [3.8, 4) is 11.5 Å². The number of carbonyl (C=O) groups is 1. The van der Waals surface area contributed by atoms with E-state index in [1.165, 1.54) is 0 Å². The molecule has 5 N–H and O–H groups in total. The number of ketones is 1. The average molecular weight is 446 g/mol. The first-order valence-corrected chi connectivity index (χ1v) is 10.7. The maximum absolute atomic E-state index is 12.6. The van der Waals surface area contributed by atoms with Crippen LogP contribution in [-0.4, -0.2) is 68.6 Å². The number of aliphatic hydroxyl groups is 3. The Kier molecular flexibility index (Phi) is 8.60. The van der Waals surface area contributed by atoms with E-state index in [0.717, 1.165) is 11.1 Å². The molecule has 8 nitrogen and oxygen atoms in total. The van der Waals surface area contributed by atoms with E-state index in [0.29, 0.717) is 25.7 Å². The Morgan fingerprint density at radius 3 is 2.06 bits per heavy atom. The molecule has 0 unspecified atom stereocenters. The zero-order valence-corrected chi connectivity index (χ0v) is 17.7. The second-order valence-corrected chi connectivity index (χ2v) is 8.12. The standard InChI is InChI=1S/C24H30O8/c25-17-7-1-15(2-8-17)5-11-19(27)13-20(12-6-16-3-9-18(26)10-4-16)32-24-23(30)22(29)21(28)14-31-24/h1-4,7-10,20-26,28-30H,5-6,11-14H2/t20-,21+,22-,23+,24-/m0/s1. The molecule has 0 amide bonds. The minimum Gasteiger partial charge on any atom is -0.508 e. The number of ether oxygens (including phenoxy) is 2. The summed E-state index contributed by atoms with van der Waals surface area (Å²) in [5.74, 6) is 0.304. The number of Topliss-reactive ketones (excluding diaryl/α,β-unsaturated/α-hetero) is 1. The van der Waals surface area contributed by atoms with Crippen molar-refractivity contribution in [3.05, 3.63) is 59.7 Å². The first kappa shape index (κ1) is 24.2. The van der Waals surface area contributed by atoms with Crippen molar-refractivity contribution >= 4 is 5.78 Å². The van der Waals surface area contributed by atoms with Crippen LogP contribution in [0.15, 0.2) is 48.5 Å². The van der Waals surface area contributed by atoms with Crippen molar-refractivity contribution < 1.29 is 39.8 Å². The maximum Gasteiger partial charge on any atom is 0.186 e. The monoisotopic (exact) mass is 446 g/mol. The molecule has 0 aromatic heterocycles. The fourth-order valence-corrected chi connectivity index (χ4v) is 3.60. The number of aryl methyl sites for hydroxylation is 2. The van der Waals surface area contributed by atoms with Crippen molar-refractivity contribution in [2.45, 2.75) is 62.8 Å². The lowest BCUT2D eigenvalue weighted by Gasteiger charge is -2.36. The second-order valence-electron chi connectivity index (χ2n) is 8.12. The summed E-state index contributed by atoms with van der Waals surface area (Å²) in [6, 6.07) is 13.4. The van der Waals surface area contributed by atoms with Crippen LogP contribution in [0.4, 0.5) is 0 Å². The molecule has 0 radical (unpaired) electrons. The van der Waals surface area contributed by atoms with Crippen molar-refractivity contribution in [1.29, 1.82) is 0 Å². The summed E-state index contributed by atoms with van der Waals surface area (Å²) in [4.78, 5) is 12.6. The van der Waals surface area contributed by atoms with Crippen molar-refractivity contribution in [2.75, 3.05) is 6.61 Å². The molecule has 174 valence electrons. The lowest BCUT2D eigenvalue weighted by Crippen LogP contribution is -2.54. The second kappa shape index (κ2) is 11.4. The van der Waals surface area contributed by atoms with Crippen LogP contribution in [0.5, 0.6) is 11.5 Å². The number of phenolic OH excluding ortho intramolecular Hbond substituents is 2. The summed E-state index contributed by atoms with van der Waals surface area (Å²) >= 11 is 0. The Hall–Kier alpha value is -2.49. The van der Waals surface area contributed by atoms with Gasteiger partial charge < -0.3 is 35.0 Å². The number of aromatic hydroxyl groups is 2. The van der Waals surface area contributed by atoms with E-state index in [4.69, 9.17) is 9.47 Å². The highest BCUT2D eigenvalue weighted by atomic mass is 16.7. The Morgan fingerprint density at radius 2 is 1.47 bits per heavy atom. The molecule has 1 aliphatic rings. The zero-order valence-electron chi connectivity index (χ0n) is 17.7. The lowest BCUT2D eigenvalue weighted by molar-refractivity contribution is -0.282. The molecule has 0 bridgehead atoms. The Bertz CT molecular complexity index is 851. The largest absolute Gasteiger partial charge is 0.508 e. The first-order valence-electron chi connectivity index (χ1n) is 10.7. The number of phenols is 2. The van der Waals surface area contributed by atoms with Gasteiger partial charge in [-0.1, -0.05) is 24.3 Å². The summed E-state index contributed by atoms with van der Waals surface area (Å²) < 4.78 is 11.2. The summed E-state index contributed by atoms with van der Waals surface area (Å²) in [5, 5.41) is 48.5. The fraction of sp³-hybridized carbons (Fsp3) is 0.458. The van der Waals surface area contributed by atoms with E-state index in [2.05, 4.69) is 0 Å². The number of rotatable bonds is 10. The van der Waals surface area contributed by atoms with Crippen molar-refractivity contribution in [1.82, 2.24) is 0 Å². The van der Waals surface area contributed by atoms with Gasteiger partial charge in [0.2, 0.25) is 0 Å². The van der Waals surface area contributed by atoms with E-state index in [9.17, 15) is 30.3 Å². The molecule has 2 aromatic rings. The van der Waals surface area contributed by atoms with Gasteiger partial charge in [0.1, 0.15) is 35.6 Å². The predicted molar refractivity (Wildman–Crippen MR) is 115 cm³/mol. The van der Waals surface area contributed by atoms with Gasteiger partial charge in [-0.05, 0) is 54.7 Å². The third-order valence-corrected chi connectivity index (χ3v) is 5.56. The smallest absolute Gasteiger partial charge is 0.186 e. The van der Waals surface area contributed by atoms with Gasteiger partial charge in [0.05, 0.1) is 12.7 Å². The molecule has 32 heavy (non-hydrogen) atoms. The molecular weight excluding hydrogens is 416 g/mol. The minimum atomic E-state index is -1.43. The summed E-state index contributed by atoms with van der Waals surface area (Å²) in [6.07, 6.45) is -3.80. The predicted octanol–water partition coefficient (Wildman–Crippen LogP) is 1.45. The molecule has 2 aromatic carbocycles. The van der Waals surface area contributed by atoms with Crippen molar-refractivity contribution in [2.24, 2.45) is 0 Å².